The van der Waals surface area contributed by atoms with Gasteiger partial charge in [0, 0.05) is 31.5 Å². The summed E-state index contributed by atoms with van der Waals surface area (Å²) in [6, 6.07) is 3.90. The monoisotopic (exact) mass is 404 g/mol. The van der Waals surface area contributed by atoms with Crippen molar-refractivity contribution in [1.29, 1.82) is 0 Å². The second-order valence-electron chi connectivity index (χ2n) is 5.87. The minimum Gasteiger partial charge on any atom is -0.406 e. The van der Waals surface area contributed by atoms with Crippen LogP contribution in [0.2, 0.25) is 0 Å². The standard InChI is InChI=1S/C15H15F3N4O4S/c1-21-8-13(19-9-21)27(24,25)20-12-5-6-22(14(12)23)10-3-2-4-11(7-10)26-15(16,17)18/h2-4,7-9,12,20H,5-6H2,1H3. The van der Waals surface area contributed by atoms with Crippen molar-refractivity contribution in [2.45, 2.75) is 23.9 Å². The number of imidazole rings is 1. The molecule has 0 spiro atoms. The quantitative estimate of drug-likeness (QED) is 0.813. The Kier molecular flexibility index (Phi) is 4.86. The zero-order valence-corrected chi connectivity index (χ0v) is 14.8. The number of halogens is 3. The number of nitrogens with one attached hydrogen (secondary N) is 1. The van der Waals surface area contributed by atoms with Crippen LogP contribution in [0.5, 0.6) is 5.75 Å². The van der Waals surface area contributed by atoms with Gasteiger partial charge in [0.1, 0.15) is 11.8 Å². The molecular formula is C15H15F3N4O4S. The number of hydrogen-bond acceptors (Lipinski definition) is 5. The van der Waals surface area contributed by atoms with Crippen LogP contribution < -0.4 is 14.4 Å². The fourth-order valence-corrected chi connectivity index (χ4v) is 3.87. The fourth-order valence-electron chi connectivity index (χ4n) is 2.67. The Morgan fingerprint density at radius 2 is 2.07 bits per heavy atom. The van der Waals surface area contributed by atoms with Crippen molar-refractivity contribution < 1.29 is 31.1 Å². The molecule has 1 aromatic carbocycles. The molecule has 2 heterocycles. The number of sulfonamides is 1. The number of carbonyl (C=O) groups excluding carboxylic acids is 1. The van der Waals surface area contributed by atoms with Gasteiger partial charge in [-0.15, -0.1) is 13.2 Å². The maximum absolute atomic E-state index is 12.5. The summed E-state index contributed by atoms with van der Waals surface area (Å²) in [5, 5.41) is -0.225. The zero-order chi connectivity index (χ0) is 19.8. The molecule has 1 amide bonds. The van der Waals surface area contributed by atoms with Crippen LogP contribution in [0.15, 0.2) is 41.8 Å². The normalized spacial score (nSPS) is 18.1. The second-order valence-corrected chi connectivity index (χ2v) is 7.54. The highest BCUT2D eigenvalue weighted by molar-refractivity contribution is 7.89. The number of hydrogen-bond donors (Lipinski definition) is 1. The van der Waals surface area contributed by atoms with Crippen molar-refractivity contribution in [2.24, 2.45) is 7.05 Å². The average molecular weight is 404 g/mol. The SMILES string of the molecule is Cn1cnc(S(=O)(=O)NC2CCN(c3cccc(OC(F)(F)F)c3)C2=O)c1. The molecule has 0 radical (unpaired) electrons. The van der Waals surface area contributed by atoms with Crippen molar-refractivity contribution >= 4 is 21.6 Å². The zero-order valence-electron chi connectivity index (χ0n) is 14.0. The van der Waals surface area contributed by atoms with Gasteiger partial charge in [-0.3, -0.25) is 4.79 Å². The smallest absolute Gasteiger partial charge is 0.406 e. The highest BCUT2D eigenvalue weighted by Crippen LogP contribution is 2.29. The van der Waals surface area contributed by atoms with Gasteiger partial charge in [-0.05, 0) is 18.6 Å². The third-order valence-corrected chi connectivity index (χ3v) is 5.18. The molecular weight excluding hydrogens is 389 g/mol. The number of amides is 1. The van der Waals surface area contributed by atoms with Gasteiger partial charge in [-0.2, -0.15) is 4.72 Å². The average Bonchev–Trinajstić information content (AvgIpc) is 3.13. The third kappa shape index (κ3) is 4.39. The van der Waals surface area contributed by atoms with Gasteiger partial charge in [-0.25, -0.2) is 13.4 Å². The number of carbonyl (C=O) groups is 1. The number of alkyl halides is 3. The predicted octanol–water partition coefficient (Wildman–Crippen LogP) is 1.40. The molecule has 1 saturated heterocycles. The molecule has 8 nitrogen and oxygen atoms in total. The highest BCUT2D eigenvalue weighted by atomic mass is 32.2. The number of rotatable bonds is 5. The molecule has 27 heavy (non-hydrogen) atoms. The Bertz CT molecular complexity index is 958. The Balaban J connectivity index is 1.74. The van der Waals surface area contributed by atoms with Crippen LogP contribution in [0.4, 0.5) is 18.9 Å². The van der Waals surface area contributed by atoms with Gasteiger partial charge < -0.3 is 14.2 Å². The Labute approximate surface area is 152 Å². The molecule has 0 saturated carbocycles. The maximum atomic E-state index is 12.5. The van der Waals surface area contributed by atoms with E-state index in [9.17, 15) is 26.4 Å². The van der Waals surface area contributed by atoms with Gasteiger partial charge in [0.15, 0.2) is 5.03 Å². The predicted molar refractivity (Wildman–Crippen MR) is 87.4 cm³/mol. The van der Waals surface area contributed by atoms with E-state index < -0.39 is 34.1 Å². The van der Waals surface area contributed by atoms with Crippen molar-refractivity contribution in [1.82, 2.24) is 14.3 Å². The summed E-state index contributed by atoms with van der Waals surface area (Å²) in [7, 11) is -2.39. The van der Waals surface area contributed by atoms with Gasteiger partial charge in [0.05, 0.1) is 6.33 Å². The molecule has 0 bridgehead atoms. The van der Waals surface area contributed by atoms with E-state index in [0.29, 0.717) is 0 Å². The van der Waals surface area contributed by atoms with Crippen molar-refractivity contribution in [3.8, 4) is 5.75 Å². The summed E-state index contributed by atoms with van der Waals surface area (Å²) in [5.74, 6) is -1.04. The Morgan fingerprint density at radius 3 is 2.70 bits per heavy atom. The van der Waals surface area contributed by atoms with E-state index in [1.54, 1.807) is 7.05 Å². The maximum Gasteiger partial charge on any atom is 0.573 e. The molecule has 0 aliphatic carbocycles. The summed E-state index contributed by atoms with van der Waals surface area (Å²) in [4.78, 5) is 17.5. The first-order valence-electron chi connectivity index (χ1n) is 7.73. The van der Waals surface area contributed by atoms with Crippen molar-refractivity contribution in [2.75, 3.05) is 11.4 Å². The first-order valence-corrected chi connectivity index (χ1v) is 9.21. The van der Waals surface area contributed by atoms with Crippen LogP contribution in [0.3, 0.4) is 0 Å². The second kappa shape index (κ2) is 6.85. The van der Waals surface area contributed by atoms with E-state index in [2.05, 4.69) is 14.4 Å². The molecule has 1 aliphatic heterocycles. The number of nitrogens with zero attached hydrogens (tertiary/aromatic N) is 3. The first-order chi connectivity index (χ1) is 12.5. The fraction of sp³-hybridized carbons (Fsp3) is 0.333. The molecule has 1 aliphatic rings. The van der Waals surface area contributed by atoms with Crippen molar-refractivity contribution in [3.63, 3.8) is 0 Å². The number of aromatic nitrogens is 2. The summed E-state index contributed by atoms with van der Waals surface area (Å²) in [6.07, 6.45) is -2.09. The molecule has 1 fully saturated rings. The van der Waals surface area contributed by atoms with Gasteiger partial charge in [-0.1, -0.05) is 6.07 Å². The van der Waals surface area contributed by atoms with Crippen LogP contribution in [-0.2, 0) is 21.9 Å². The number of benzene rings is 1. The lowest BCUT2D eigenvalue weighted by atomic mass is 10.2. The largest absolute Gasteiger partial charge is 0.573 e. The Morgan fingerprint density at radius 1 is 1.33 bits per heavy atom. The van der Waals surface area contributed by atoms with Crippen LogP contribution in [0, 0.1) is 0 Å². The van der Waals surface area contributed by atoms with Crippen LogP contribution in [-0.4, -0.2) is 42.8 Å². The lowest BCUT2D eigenvalue weighted by molar-refractivity contribution is -0.274. The summed E-state index contributed by atoms with van der Waals surface area (Å²) >= 11 is 0. The van der Waals surface area contributed by atoms with Crippen molar-refractivity contribution in [3.05, 3.63) is 36.8 Å². The molecule has 1 unspecified atom stereocenters. The summed E-state index contributed by atoms with van der Waals surface area (Å²) in [6.45, 7) is 0.143. The van der Waals surface area contributed by atoms with Crippen LogP contribution in [0.25, 0.3) is 0 Å². The lowest BCUT2D eigenvalue weighted by Crippen LogP contribution is -2.41. The molecule has 12 heteroatoms. The molecule has 1 atom stereocenters. The molecule has 1 aromatic heterocycles. The van der Waals surface area contributed by atoms with Gasteiger partial charge in [0.25, 0.3) is 10.0 Å². The summed E-state index contributed by atoms with van der Waals surface area (Å²) < 4.78 is 69.2. The minimum absolute atomic E-state index is 0.143. The first kappa shape index (κ1) is 19.2. The van der Waals surface area contributed by atoms with E-state index in [0.717, 1.165) is 12.1 Å². The van der Waals surface area contributed by atoms with E-state index in [1.165, 1.54) is 34.1 Å². The van der Waals surface area contributed by atoms with E-state index in [-0.39, 0.29) is 23.7 Å². The number of aryl methyl sites for hydroxylation is 1. The number of ether oxygens (including phenoxy) is 1. The molecule has 2 aromatic rings. The third-order valence-electron chi connectivity index (χ3n) is 3.82. The molecule has 1 N–H and O–H groups in total. The van der Waals surface area contributed by atoms with Gasteiger partial charge in [0.2, 0.25) is 5.91 Å². The molecule has 146 valence electrons. The van der Waals surface area contributed by atoms with E-state index in [4.69, 9.17) is 0 Å². The topological polar surface area (TPSA) is 93.5 Å². The minimum atomic E-state index is -4.85. The van der Waals surface area contributed by atoms with Crippen LogP contribution >= 0.6 is 0 Å². The summed E-state index contributed by atoms with van der Waals surface area (Å²) in [5.41, 5.74) is 0.182. The number of anilines is 1. The Hall–Kier alpha value is -2.60. The lowest BCUT2D eigenvalue weighted by Gasteiger charge is -2.18. The van der Waals surface area contributed by atoms with E-state index in [1.807, 2.05) is 0 Å². The molecule has 3 rings (SSSR count). The highest BCUT2D eigenvalue weighted by Gasteiger charge is 2.37. The van der Waals surface area contributed by atoms with E-state index >= 15 is 0 Å². The van der Waals surface area contributed by atoms with Crippen LogP contribution in [0.1, 0.15) is 6.42 Å². The van der Waals surface area contributed by atoms with Gasteiger partial charge >= 0.3 is 6.36 Å².